The molecule has 7 nitrogen and oxygen atoms in total. The molecule has 5 rings (SSSR count). The van der Waals surface area contributed by atoms with E-state index in [4.69, 9.17) is 15.1 Å². The van der Waals surface area contributed by atoms with Gasteiger partial charge in [-0.2, -0.15) is 0 Å². The van der Waals surface area contributed by atoms with Gasteiger partial charge in [-0.15, -0.1) is 0 Å². The van der Waals surface area contributed by atoms with Crippen LogP contribution in [-0.2, 0) is 4.74 Å². The van der Waals surface area contributed by atoms with Gasteiger partial charge in [-0.1, -0.05) is 0 Å². The van der Waals surface area contributed by atoms with Gasteiger partial charge in [0, 0.05) is 51.3 Å². The maximum absolute atomic E-state index is 7.53. The molecule has 2 atom stereocenters. The molecule has 0 aliphatic carbocycles. The highest BCUT2D eigenvalue weighted by Gasteiger charge is 2.29. The molecule has 0 radical (unpaired) electrons. The normalized spacial score (nSPS) is 24.3. The number of pyridine rings is 2. The average Bonchev–Trinajstić information content (AvgIpc) is 3.49. The minimum absolute atomic E-state index is 0.522. The Bertz CT molecular complexity index is 960. The first-order valence-corrected chi connectivity index (χ1v) is 12.5. The molecule has 0 saturated carbocycles. The first-order chi connectivity index (χ1) is 16.2. The number of hydrogen-bond acceptors (Lipinski definition) is 7. The van der Waals surface area contributed by atoms with E-state index in [9.17, 15) is 0 Å². The molecule has 0 amide bonds. The van der Waals surface area contributed by atoms with E-state index >= 15 is 0 Å². The fourth-order valence-corrected chi connectivity index (χ4v) is 5.56. The molecule has 2 aromatic heterocycles. The van der Waals surface area contributed by atoms with Crippen molar-refractivity contribution in [2.24, 2.45) is 5.92 Å². The lowest BCUT2D eigenvalue weighted by molar-refractivity contribution is 0.0553. The largest absolute Gasteiger partial charge is 0.381 e. The van der Waals surface area contributed by atoms with Gasteiger partial charge in [0.2, 0.25) is 0 Å². The highest BCUT2D eigenvalue weighted by molar-refractivity contribution is 5.78. The van der Waals surface area contributed by atoms with Crippen molar-refractivity contribution in [2.45, 2.75) is 51.0 Å². The van der Waals surface area contributed by atoms with Gasteiger partial charge in [0.05, 0.1) is 0 Å². The molecule has 5 heterocycles. The molecule has 0 aromatic carbocycles. The van der Waals surface area contributed by atoms with Crippen LogP contribution in [0, 0.1) is 11.3 Å². The Morgan fingerprint density at radius 2 is 2.00 bits per heavy atom. The molecular weight excluding hydrogens is 412 g/mol. The summed E-state index contributed by atoms with van der Waals surface area (Å²) in [5.41, 5.74) is 2.20. The lowest BCUT2D eigenvalue weighted by Gasteiger charge is -2.27. The van der Waals surface area contributed by atoms with E-state index < -0.39 is 0 Å². The van der Waals surface area contributed by atoms with Gasteiger partial charge in [-0.25, -0.2) is 9.97 Å². The molecule has 2 aromatic rings. The van der Waals surface area contributed by atoms with Crippen molar-refractivity contribution in [1.29, 1.82) is 5.41 Å². The van der Waals surface area contributed by atoms with Gasteiger partial charge in [0.25, 0.3) is 0 Å². The molecule has 2 N–H and O–H groups in total. The van der Waals surface area contributed by atoms with Crippen LogP contribution in [0.1, 0.15) is 56.1 Å². The third kappa shape index (κ3) is 5.36. The Hall–Kier alpha value is -2.51. The van der Waals surface area contributed by atoms with Crippen LogP contribution >= 0.6 is 0 Å². The minimum atomic E-state index is 0.522. The zero-order valence-electron chi connectivity index (χ0n) is 19.7. The Balaban J connectivity index is 1.36. The molecule has 3 aliphatic rings. The quantitative estimate of drug-likeness (QED) is 0.611. The summed E-state index contributed by atoms with van der Waals surface area (Å²) >= 11 is 0. The van der Waals surface area contributed by atoms with Gasteiger partial charge in [-0.3, -0.25) is 0 Å². The second-order valence-corrected chi connectivity index (χ2v) is 9.87. The Morgan fingerprint density at radius 3 is 2.79 bits per heavy atom. The number of anilines is 3. The van der Waals surface area contributed by atoms with Crippen molar-refractivity contribution in [3.05, 3.63) is 41.6 Å². The summed E-state index contributed by atoms with van der Waals surface area (Å²) in [5.74, 6) is 3.96. The standard InChI is InChI=1S/C26H36N6O/c1-19-3-2-9-32(19)26-15-23(14-25(30-26)29-24-13-21(16-27)4-8-28-24)22-5-10-31(18-22)17-20-6-11-33-12-7-20/h4,8,13-16,19-20,22,27H,2-3,5-7,9-12,17-18H2,1H3,(H,28,29,30). The van der Waals surface area contributed by atoms with Gasteiger partial charge >= 0.3 is 0 Å². The second kappa shape index (κ2) is 10.2. The van der Waals surface area contributed by atoms with Crippen molar-refractivity contribution in [3.8, 4) is 0 Å². The van der Waals surface area contributed by atoms with Crippen LogP contribution in [-0.4, -0.2) is 66.5 Å². The number of rotatable bonds is 7. The lowest BCUT2D eigenvalue weighted by atomic mass is 9.98. The topological polar surface area (TPSA) is 77.4 Å². The van der Waals surface area contributed by atoms with E-state index in [1.54, 1.807) is 6.20 Å². The smallest absolute Gasteiger partial charge is 0.134 e. The van der Waals surface area contributed by atoms with Crippen LogP contribution in [0.15, 0.2) is 30.5 Å². The molecule has 3 aliphatic heterocycles. The van der Waals surface area contributed by atoms with Crippen LogP contribution < -0.4 is 10.2 Å². The Labute approximate surface area is 197 Å². The summed E-state index contributed by atoms with van der Waals surface area (Å²) in [6.45, 7) is 8.71. The van der Waals surface area contributed by atoms with Crippen LogP contribution in [0.5, 0.6) is 0 Å². The SMILES string of the molecule is CC1CCCN1c1cc(C2CCN(CC3CCOCC3)C2)cc(Nc2cc(C=N)ccn2)n1. The van der Waals surface area contributed by atoms with Gasteiger partial charge in [0.15, 0.2) is 0 Å². The molecule has 176 valence electrons. The third-order valence-electron chi connectivity index (χ3n) is 7.49. The lowest BCUT2D eigenvalue weighted by Crippen LogP contribution is -2.31. The van der Waals surface area contributed by atoms with E-state index in [1.807, 2.05) is 12.1 Å². The minimum Gasteiger partial charge on any atom is -0.381 e. The number of likely N-dealkylation sites (tertiary alicyclic amines) is 1. The molecule has 0 spiro atoms. The molecule has 2 unspecified atom stereocenters. The first-order valence-electron chi connectivity index (χ1n) is 12.5. The zero-order chi connectivity index (χ0) is 22.6. The van der Waals surface area contributed by atoms with Crippen molar-refractivity contribution in [3.63, 3.8) is 0 Å². The number of ether oxygens (including phenoxy) is 1. The number of aromatic nitrogens is 2. The summed E-state index contributed by atoms with van der Waals surface area (Å²) in [4.78, 5) is 14.5. The molecule has 7 heteroatoms. The zero-order valence-corrected chi connectivity index (χ0v) is 19.7. The third-order valence-corrected chi connectivity index (χ3v) is 7.49. The Morgan fingerprint density at radius 1 is 1.12 bits per heavy atom. The number of nitrogens with one attached hydrogen (secondary N) is 2. The van der Waals surface area contributed by atoms with Gasteiger partial charge < -0.3 is 25.3 Å². The predicted molar refractivity (Wildman–Crippen MR) is 133 cm³/mol. The fourth-order valence-electron chi connectivity index (χ4n) is 5.56. The summed E-state index contributed by atoms with van der Waals surface area (Å²) in [5, 5.41) is 11.0. The monoisotopic (exact) mass is 448 g/mol. The predicted octanol–water partition coefficient (Wildman–Crippen LogP) is 4.42. The molecule has 3 fully saturated rings. The van der Waals surface area contributed by atoms with Crippen LogP contribution in [0.25, 0.3) is 0 Å². The summed E-state index contributed by atoms with van der Waals surface area (Å²) in [7, 11) is 0. The van der Waals surface area contributed by atoms with E-state index in [2.05, 4.69) is 39.2 Å². The summed E-state index contributed by atoms with van der Waals surface area (Å²) in [6, 6.07) is 8.80. The van der Waals surface area contributed by atoms with Gasteiger partial charge in [0.1, 0.15) is 17.5 Å². The van der Waals surface area contributed by atoms with Crippen LogP contribution in [0.3, 0.4) is 0 Å². The van der Waals surface area contributed by atoms with Crippen molar-refractivity contribution in [2.75, 3.05) is 49.6 Å². The van der Waals surface area contributed by atoms with Crippen LogP contribution in [0.2, 0.25) is 0 Å². The first kappa shape index (κ1) is 22.3. The fraction of sp³-hybridized carbons (Fsp3) is 0.577. The summed E-state index contributed by atoms with van der Waals surface area (Å²) < 4.78 is 5.55. The highest BCUT2D eigenvalue weighted by atomic mass is 16.5. The van der Waals surface area contributed by atoms with Gasteiger partial charge in [-0.05, 0) is 92.8 Å². The summed E-state index contributed by atoms with van der Waals surface area (Å²) in [6.07, 6.45) is 9.12. The molecule has 3 saturated heterocycles. The number of nitrogens with zero attached hydrogens (tertiary/aromatic N) is 4. The van der Waals surface area contributed by atoms with E-state index in [1.165, 1.54) is 57.0 Å². The molecular formula is C26H36N6O. The van der Waals surface area contributed by atoms with E-state index in [0.29, 0.717) is 12.0 Å². The van der Waals surface area contributed by atoms with Crippen molar-refractivity contribution >= 4 is 23.7 Å². The maximum Gasteiger partial charge on any atom is 0.134 e. The molecule has 33 heavy (non-hydrogen) atoms. The molecule has 0 bridgehead atoms. The maximum atomic E-state index is 7.53. The van der Waals surface area contributed by atoms with Crippen molar-refractivity contribution < 1.29 is 4.74 Å². The van der Waals surface area contributed by atoms with Crippen LogP contribution in [0.4, 0.5) is 17.5 Å². The Kier molecular flexibility index (Phi) is 6.88. The average molecular weight is 449 g/mol. The van der Waals surface area contributed by atoms with E-state index in [-0.39, 0.29) is 0 Å². The number of hydrogen-bond donors (Lipinski definition) is 2. The van der Waals surface area contributed by atoms with E-state index in [0.717, 1.165) is 55.2 Å². The van der Waals surface area contributed by atoms with Crippen molar-refractivity contribution in [1.82, 2.24) is 14.9 Å². The highest BCUT2D eigenvalue weighted by Crippen LogP contribution is 2.34. The second-order valence-electron chi connectivity index (χ2n) is 9.87.